The second kappa shape index (κ2) is 7.29. The largest absolute Gasteiger partial charge is 0.339 e. The first-order valence-electron chi connectivity index (χ1n) is 8.31. The minimum atomic E-state index is -0.512. The van der Waals surface area contributed by atoms with Gasteiger partial charge in [0, 0.05) is 30.1 Å². The van der Waals surface area contributed by atoms with Gasteiger partial charge in [-0.3, -0.25) is 4.79 Å². The highest BCUT2D eigenvalue weighted by Gasteiger charge is 2.34. The smallest absolute Gasteiger partial charge is 0.232 e. The van der Waals surface area contributed by atoms with Gasteiger partial charge in [0.1, 0.15) is 5.82 Å². The average Bonchev–Trinajstić information content (AvgIpc) is 3.25. The van der Waals surface area contributed by atoms with Gasteiger partial charge in [-0.1, -0.05) is 40.5 Å². The summed E-state index contributed by atoms with van der Waals surface area (Å²) < 4.78 is 18.6. The number of likely N-dealkylation sites (tertiary alicyclic amines) is 1. The summed E-state index contributed by atoms with van der Waals surface area (Å²) in [6, 6.07) is 11.6. The molecule has 0 radical (unpaired) electrons. The van der Waals surface area contributed by atoms with Crippen molar-refractivity contribution in [3.8, 4) is 11.4 Å². The van der Waals surface area contributed by atoms with Crippen LogP contribution in [0, 0.1) is 5.82 Å². The average molecular weight is 406 g/mol. The second-order valence-electron chi connectivity index (χ2n) is 6.39. The summed E-state index contributed by atoms with van der Waals surface area (Å²) in [7, 11) is 0. The maximum absolute atomic E-state index is 13.3. The first-order chi connectivity index (χ1) is 13.0. The molecule has 1 aliphatic heterocycles. The van der Waals surface area contributed by atoms with E-state index in [9.17, 15) is 9.18 Å². The third kappa shape index (κ3) is 3.82. The Morgan fingerprint density at radius 2 is 2.07 bits per heavy atom. The van der Waals surface area contributed by atoms with E-state index >= 15 is 0 Å². The number of halogens is 3. The minimum absolute atomic E-state index is 0.0115. The molecule has 1 fully saturated rings. The van der Waals surface area contributed by atoms with Crippen LogP contribution >= 0.6 is 23.2 Å². The van der Waals surface area contributed by atoms with Gasteiger partial charge in [0.25, 0.3) is 0 Å². The lowest BCUT2D eigenvalue weighted by molar-refractivity contribution is -0.128. The fourth-order valence-electron chi connectivity index (χ4n) is 3.10. The van der Waals surface area contributed by atoms with Crippen molar-refractivity contribution in [1.82, 2.24) is 15.0 Å². The molecule has 27 heavy (non-hydrogen) atoms. The number of hydrogen-bond acceptors (Lipinski definition) is 4. The first kappa shape index (κ1) is 17.9. The van der Waals surface area contributed by atoms with Crippen molar-refractivity contribution in [3.63, 3.8) is 0 Å². The highest BCUT2D eigenvalue weighted by Crippen LogP contribution is 2.30. The van der Waals surface area contributed by atoms with Crippen LogP contribution in [0.1, 0.15) is 23.8 Å². The van der Waals surface area contributed by atoms with E-state index in [1.807, 2.05) is 18.2 Å². The normalized spacial score (nSPS) is 16.9. The number of aromatic nitrogens is 2. The summed E-state index contributed by atoms with van der Waals surface area (Å²) in [5, 5.41) is 4.56. The number of rotatable bonds is 4. The molecule has 5 nitrogen and oxygen atoms in total. The van der Waals surface area contributed by atoms with E-state index in [0.29, 0.717) is 41.8 Å². The fraction of sp³-hybridized carbons (Fsp3) is 0.211. The van der Waals surface area contributed by atoms with Gasteiger partial charge >= 0.3 is 0 Å². The van der Waals surface area contributed by atoms with Crippen molar-refractivity contribution >= 4 is 29.1 Å². The Balaban J connectivity index is 1.49. The van der Waals surface area contributed by atoms with Gasteiger partial charge in [-0.25, -0.2) is 4.39 Å². The minimum Gasteiger partial charge on any atom is -0.339 e. The Labute approximate surface area is 164 Å². The van der Waals surface area contributed by atoms with E-state index < -0.39 is 5.82 Å². The SMILES string of the molecule is O=C1CC(c2nc(-c3ccc(F)c(Cl)c3)no2)CN1Cc1cccc(Cl)c1. The molecule has 2 heterocycles. The number of nitrogens with zero attached hydrogens (tertiary/aromatic N) is 3. The molecular formula is C19H14Cl2FN3O2. The van der Waals surface area contributed by atoms with Crippen molar-refractivity contribution in [2.24, 2.45) is 0 Å². The Bertz CT molecular complexity index is 1010. The summed E-state index contributed by atoms with van der Waals surface area (Å²) in [5.74, 6) is 0.0145. The van der Waals surface area contributed by atoms with E-state index in [1.165, 1.54) is 18.2 Å². The number of carbonyl (C=O) groups excluding carboxylic acids is 1. The van der Waals surface area contributed by atoms with Crippen LogP contribution in [-0.4, -0.2) is 27.5 Å². The molecule has 0 spiro atoms. The summed E-state index contributed by atoms with van der Waals surface area (Å²) >= 11 is 11.8. The Hall–Kier alpha value is -2.44. The first-order valence-corrected chi connectivity index (χ1v) is 9.06. The number of hydrogen-bond donors (Lipinski definition) is 0. The molecule has 0 N–H and O–H groups in total. The van der Waals surface area contributed by atoms with Crippen LogP contribution in [0.4, 0.5) is 4.39 Å². The van der Waals surface area contributed by atoms with Gasteiger partial charge in [-0.2, -0.15) is 4.98 Å². The van der Waals surface area contributed by atoms with Crippen LogP contribution in [0.2, 0.25) is 10.0 Å². The molecule has 0 saturated carbocycles. The van der Waals surface area contributed by atoms with E-state index in [2.05, 4.69) is 10.1 Å². The van der Waals surface area contributed by atoms with Crippen LogP contribution < -0.4 is 0 Å². The quantitative estimate of drug-likeness (QED) is 0.631. The molecule has 1 unspecified atom stereocenters. The molecule has 3 aromatic rings. The molecule has 1 aromatic heterocycles. The zero-order valence-corrected chi connectivity index (χ0v) is 15.5. The Kier molecular flexibility index (Phi) is 4.85. The molecular weight excluding hydrogens is 392 g/mol. The van der Waals surface area contributed by atoms with Crippen molar-refractivity contribution in [2.75, 3.05) is 6.54 Å². The summed E-state index contributed by atoms with van der Waals surface area (Å²) in [5.41, 5.74) is 1.51. The molecule has 1 aliphatic rings. The molecule has 4 rings (SSSR count). The van der Waals surface area contributed by atoms with Gasteiger partial charge in [-0.05, 0) is 35.9 Å². The third-order valence-electron chi connectivity index (χ3n) is 4.45. The maximum Gasteiger partial charge on any atom is 0.232 e. The molecule has 0 bridgehead atoms. The van der Waals surface area contributed by atoms with Crippen LogP contribution in [0.5, 0.6) is 0 Å². The lowest BCUT2D eigenvalue weighted by Gasteiger charge is -2.16. The van der Waals surface area contributed by atoms with Crippen LogP contribution in [0.15, 0.2) is 47.0 Å². The number of benzene rings is 2. The molecule has 138 valence electrons. The van der Waals surface area contributed by atoms with E-state index in [1.54, 1.807) is 11.0 Å². The topological polar surface area (TPSA) is 59.2 Å². The second-order valence-corrected chi connectivity index (χ2v) is 7.23. The zero-order chi connectivity index (χ0) is 19.0. The molecule has 1 amide bonds. The van der Waals surface area contributed by atoms with Gasteiger partial charge in [0.05, 0.1) is 10.9 Å². The predicted molar refractivity (Wildman–Crippen MR) is 98.9 cm³/mol. The van der Waals surface area contributed by atoms with E-state index in [-0.39, 0.29) is 16.8 Å². The van der Waals surface area contributed by atoms with Crippen molar-refractivity contribution in [2.45, 2.75) is 18.9 Å². The van der Waals surface area contributed by atoms with Gasteiger partial charge in [-0.15, -0.1) is 0 Å². The highest BCUT2D eigenvalue weighted by molar-refractivity contribution is 6.31. The number of carbonyl (C=O) groups is 1. The summed E-state index contributed by atoms with van der Waals surface area (Å²) in [4.78, 5) is 18.5. The Morgan fingerprint density at radius 1 is 1.22 bits per heavy atom. The van der Waals surface area contributed by atoms with Crippen molar-refractivity contribution < 1.29 is 13.7 Å². The lowest BCUT2D eigenvalue weighted by atomic mass is 10.1. The van der Waals surface area contributed by atoms with Crippen molar-refractivity contribution in [3.05, 3.63) is 69.8 Å². The molecule has 2 aromatic carbocycles. The van der Waals surface area contributed by atoms with E-state index in [4.69, 9.17) is 27.7 Å². The Morgan fingerprint density at radius 3 is 2.85 bits per heavy atom. The predicted octanol–water partition coefficient (Wildman–Crippen LogP) is 4.70. The van der Waals surface area contributed by atoms with Crippen molar-refractivity contribution in [1.29, 1.82) is 0 Å². The number of amides is 1. The lowest BCUT2D eigenvalue weighted by Crippen LogP contribution is -2.24. The summed E-state index contributed by atoms with van der Waals surface area (Å²) in [6.07, 6.45) is 0.298. The third-order valence-corrected chi connectivity index (χ3v) is 4.97. The van der Waals surface area contributed by atoms with Gasteiger partial charge in [0.15, 0.2) is 0 Å². The van der Waals surface area contributed by atoms with Gasteiger partial charge in [0.2, 0.25) is 17.6 Å². The van der Waals surface area contributed by atoms with Crippen LogP contribution in [0.3, 0.4) is 0 Å². The molecule has 8 heteroatoms. The van der Waals surface area contributed by atoms with E-state index in [0.717, 1.165) is 5.56 Å². The fourth-order valence-corrected chi connectivity index (χ4v) is 3.49. The van der Waals surface area contributed by atoms with Gasteiger partial charge < -0.3 is 9.42 Å². The van der Waals surface area contributed by atoms with Crippen LogP contribution in [0.25, 0.3) is 11.4 Å². The summed E-state index contributed by atoms with van der Waals surface area (Å²) in [6.45, 7) is 0.960. The molecule has 1 saturated heterocycles. The standard InChI is InChI=1S/C19H14Cl2FN3O2/c20-14-3-1-2-11(6-14)9-25-10-13(8-17(25)26)19-23-18(24-27-19)12-4-5-16(22)15(21)7-12/h1-7,13H,8-10H2. The zero-order valence-electron chi connectivity index (χ0n) is 14.0. The van der Waals surface area contributed by atoms with Crippen LogP contribution in [-0.2, 0) is 11.3 Å². The highest BCUT2D eigenvalue weighted by atomic mass is 35.5. The molecule has 1 atom stereocenters. The molecule has 0 aliphatic carbocycles. The monoisotopic (exact) mass is 405 g/mol. The maximum atomic E-state index is 13.3.